The summed E-state index contributed by atoms with van der Waals surface area (Å²) in [5, 5.41) is 5.90. The second kappa shape index (κ2) is 6.07. The zero-order valence-corrected chi connectivity index (χ0v) is 12.6. The van der Waals surface area contributed by atoms with Crippen LogP contribution in [-0.4, -0.2) is 43.4 Å². The third-order valence-corrected chi connectivity index (χ3v) is 5.02. The Kier molecular flexibility index (Phi) is 4.62. The number of halogens is 1. The van der Waals surface area contributed by atoms with E-state index in [1.54, 1.807) is 12.3 Å². The number of aromatic nitrogens is 1. The molecule has 1 aromatic heterocycles. The van der Waals surface area contributed by atoms with E-state index in [-0.39, 0.29) is 35.0 Å². The van der Waals surface area contributed by atoms with Crippen LogP contribution in [0, 0.1) is 6.92 Å². The number of pyridine rings is 1. The second-order valence-corrected chi connectivity index (χ2v) is 7.46. The lowest BCUT2D eigenvalue weighted by molar-refractivity contribution is -0.116. The SMILES string of the molecule is Cc1cnc(Cl)c(NC(=O)CC2CS(=O)(=O)CCN2)c1. The molecule has 1 aliphatic heterocycles. The monoisotopic (exact) mass is 317 g/mol. The maximum absolute atomic E-state index is 11.9. The highest BCUT2D eigenvalue weighted by atomic mass is 35.5. The first-order valence-electron chi connectivity index (χ1n) is 6.21. The Balaban J connectivity index is 1.97. The van der Waals surface area contributed by atoms with Gasteiger partial charge in [0.25, 0.3) is 0 Å². The van der Waals surface area contributed by atoms with Crippen LogP contribution >= 0.6 is 11.6 Å². The van der Waals surface area contributed by atoms with Crippen molar-refractivity contribution in [1.29, 1.82) is 0 Å². The number of hydrogen-bond donors (Lipinski definition) is 2. The molecule has 2 rings (SSSR count). The van der Waals surface area contributed by atoms with E-state index < -0.39 is 9.84 Å². The van der Waals surface area contributed by atoms with Crippen molar-refractivity contribution in [2.24, 2.45) is 0 Å². The predicted molar refractivity (Wildman–Crippen MR) is 77.7 cm³/mol. The van der Waals surface area contributed by atoms with Gasteiger partial charge in [0.2, 0.25) is 5.91 Å². The zero-order valence-electron chi connectivity index (χ0n) is 11.0. The standard InChI is InChI=1S/C12H16ClN3O3S/c1-8-4-10(12(13)15-6-8)16-11(17)5-9-7-20(18,19)3-2-14-9/h4,6,9,14H,2-3,5,7H2,1H3,(H,16,17). The van der Waals surface area contributed by atoms with Gasteiger partial charge in [-0.2, -0.15) is 0 Å². The highest BCUT2D eigenvalue weighted by molar-refractivity contribution is 7.91. The van der Waals surface area contributed by atoms with Crippen LogP contribution in [0.5, 0.6) is 0 Å². The number of sulfone groups is 1. The average Bonchev–Trinajstić information content (AvgIpc) is 2.32. The van der Waals surface area contributed by atoms with Crippen molar-refractivity contribution in [3.05, 3.63) is 23.0 Å². The van der Waals surface area contributed by atoms with Gasteiger partial charge in [-0.1, -0.05) is 11.6 Å². The number of carbonyl (C=O) groups is 1. The van der Waals surface area contributed by atoms with E-state index >= 15 is 0 Å². The molecule has 0 aromatic carbocycles. The fourth-order valence-corrected chi connectivity index (χ4v) is 3.66. The summed E-state index contributed by atoms with van der Waals surface area (Å²) in [6, 6.07) is 1.36. The van der Waals surface area contributed by atoms with Gasteiger partial charge in [0.1, 0.15) is 0 Å². The Morgan fingerprint density at radius 1 is 1.60 bits per heavy atom. The summed E-state index contributed by atoms with van der Waals surface area (Å²) < 4.78 is 23.0. The van der Waals surface area contributed by atoms with Crippen LogP contribution in [0.25, 0.3) is 0 Å². The van der Waals surface area contributed by atoms with Crippen molar-refractivity contribution in [1.82, 2.24) is 10.3 Å². The molecule has 0 aliphatic carbocycles. The third-order valence-electron chi connectivity index (χ3n) is 2.98. The lowest BCUT2D eigenvalue weighted by Crippen LogP contribution is -2.46. The molecular weight excluding hydrogens is 302 g/mol. The molecule has 2 heterocycles. The molecule has 1 aromatic rings. The third kappa shape index (κ3) is 4.16. The average molecular weight is 318 g/mol. The highest BCUT2D eigenvalue weighted by Crippen LogP contribution is 2.20. The number of nitrogens with zero attached hydrogens (tertiary/aromatic N) is 1. The molecule has 0 radical (unpaired) electrons. The summed E-state index contributed by atoms with van der Waals surface area (Å²) in [5.74, 6) is -0.173. The fourth-order valence-electron chi connectivity index (χ4n) is 2.06. The number of anilines is 1. The molecular formula is C12H16ClN3O3S. The number of carbonyl (C=O) groups excluding carboxylic acids is 1. The molecule has 110 valence electrons. The van der Waals surface area contributed by atoms with Crippen molar-refractivity contribution < 1.29 is 13.2 Å². The Morgan fingerprint density at radius 2 is 2.35 bits per heavy atom. The van der Waals surface area contributed by atoms with Crippen LogP contribution < -0.4 is 10.6 Å². The minimum Gasteiger partial charge on any atom is -0.323 e. The summed E-state index contributed by atoms with van der Waals surface area (Å²) in [5.41, 5.74) is 1.32. The first kappa shape index (κ1) is 15.2. The molecule has 1 saturated heterocycles. The van der Waals surface area contributed by atoms with E-state index in [1.165, 1.54) is 0 Å². The van der Waals surface area contributed by atoms with Gasteiger partial charge in [-0.3, -0.25) is 4.79 Å². The van der Waals surface area contributed by atoms with Crippen LogP contribution in [0.3, 0.4) is 0 Å². The van der Waals surface area contributed by atoms with E-state index in [0.717, 1.165) is 5.56 Å². The van der Waals surface area contributed by atoms with Crippen molar-refractivity contribution in [2.75, 3.05) is 23.4 Å². The highest BCUT2D eigenvalue weighted by Gasteiger charge is 2.26. The molecule has 1 aliphatic rings. The molecule has 2 N–H and O–H groups in total. The minimum absolute atomic E-state index is 0.0137. The van der Waals surface area contributed by atoms with Gasteiger partial charge in [0.05, 0.1) is 17.2 Å². The number of rotatable bonds is 3. The van der Waals surface area contributed by atoms with Gasteiger partial charge in [-0.05, 0) is 18.6 Å². The van der Waals surface area contributed by atoms with E-state index in [2.05, 4.69) is 15.6 Å². The quantitative estimate of drug-likeness (QED) is 0.804. The van der Waals surface area contributed by atoms with Crippen LogP contribution in [-0.2, 0) is 14.6 Å². The largest absolute Gasteiger partial charge is 0.323 e. The topological polar surface area (TPSA) is 88.2 Å². The Bertz CT molecular complexity index is 618. The van der Waals surface area contributed by atoms with Crippen molar-refractivity contribution in [3.63, 3.8) is 0 Å². The van der Waals surface area contributed by atoms with E-state index in [0.29, 0.717) is 12.2 Å². The molecule has 1 amide bonds. The lowest BCUT2D eigenvalue weighted by atomic mass is 10.2. The number of nitrogens with one attached hydrogen (secondary N) is 2. The maximum Gasteiger partial charge on any atom is 0.226 e. The molecule has 0 bridgehead atoms. The molecule has 0 spiro atoms. The fraction of sp³-hybridized carbons (Fsp3) is 0.500. The van der Waals surface area contributed by atoms with Crippen LogP contribution in [0.2, 0.25) is 5.15 Å². The number of aryl methyl sites for hydroxylation is 1. The predicted octanol–water partition coefficient (Wildman–Crippen LogP) is 0.759. The number of amides is 1. The zero-order chi connectivity index (χ0) is 14.8. The number of hydrogen-bond acceptors (Lipinski definition) is 5. The van der Waals surface area contributed by atoms with Crippen LogP contribution in [0.1, 0.15) is 12.0 Å². The van der Waals surface area contributed by atoms with E-state index in [9.17, 15) is 13.2 Å². The van der Waals surface area contributed by atoms with Gasteiger partial charge in [-0.25, -0.2) is 13.4 Å². The maximum atomic E-state index is 11.9. The molecule has 8 heteroatoms. The van der Waals surface area contributed by atoms with Crippen molar-refractivity contribution in [3.8, 4) is 0 Å². The van der Waals surface area contributed by atoms with E-state index in [1.807, 2.05) is 6.92 Å². The minimum atomic E-state index is -3.05. The van der Waals surface area contributed by atoms with Crippen LogP contribution in [0.15, 0.2) is 12.3 Å². The summed E-state index contributed by atoms with van der Waals surface area (Å²) in [7, 11) is -3.05. The second-order valence-electron chi connectivity index (χ2n) is 4.87. The molecule has 1 fully saturated rings. The summed E-state index contributed by atoms with van der Waals surface area (Å²) >= 11 is 5.89. The Morgan fingerprint density at radius 3 is 3.05 bits per heavy atom. The van der Waals surface area contributed by atoms with E-state index in [4.69, 9.17) is 11.6 Å². The first-order chi connectivity index (χ1) is 9.35. The van der Waals surface area contributed by atoms with Gasteiger partial charge in [0.15, 0.2) is 15.0 Å². The van der Waals surface area contributed by atoms with Crippen molar-refractivity contribution in [2.45, 2.75) is 19.4 Å². The summed E-state index contributed by atoms with van der Waals surface area (Å²) in [6.45, 7) is 2.22. The van der Waals surface area contributed by atoms with Crippen molar-refractivity contribution >= 4 is 33.0 Å². The summed E-state index contributed by atoms with van der Waals surface area (Å²) in [4.78, 5) is 15.9. The van der Waals surface area contributed by atoms with Crippen LogP contribution in [0.4, 0.5) is 5.69 Å². The Labute approximate surface area is 122 Å². The molecule has 6 nitrogen and oxygen atoms in total. The summed E-state index contributed by atoms with van der Waals surface area (Å²) in [6.07, 6.45) is 1.69. The Hall–Kier alpha value is -1.18. The molecule has 0 saturated carbocycles. The smallest absolute Gasteiger partial charge is 0.226 e. The van der Waals surface area contributed by atoms with Gasteiger partial charge >= 0.3 is 0 Å². The van der Waals surface area contributed by atoms with Gasteiger partial charge in [0, 0.05) is 25.2 Å². The van der Waals surface area contributed by atoms with Gasteiger partial charge < -0.3 is 10.6 Å². The molecule has 20 heavy (non-hydrogen) atoms. The molecule has 1 unspecified atom stereocenters. The lowest BCUT2D eigenvalue weighted by Gasteiger charge is -2.23. The normalized spacial score (nSPS) is 21.4. The molecule has 1 atom stereocenters. The first-order valence-corrected chi connectivity index (χ1v) is 8.41. The van der Waals surface area contributed by atoms with Gasteiger partial charge in [-0.15, -0.1) is 0 Å².